The molecule has 1 rings (SSSR count). The lowest BCUT2D eigenvalue weighted by Crippen LogP contribution is -2.11. The summed E-state index contributed by atoms with van der Waals surface area (Å²) in [6.45, 7) is 4.14. The Morgan fingerprint density at radius 3 is 2.50 bits per heavy atom. The van der Waals surface area contributed by atoms with E-state index in [4.69, 9.17) is 0 Å². The second-order valence-corrected chi connectivity index (χ2v) is 4.86. The Labute approximate surface area is 110 Å². The third kappa shape index (κ3) is 6.42. The minimum Gasteiger partial charge on any atom is -0.309 e. The largest absolute Gasteiger partial charge is 0.309 e. The van der Waals surface area contributed by atoms with Gasteiger partial charge in [0, 0.05) is 18.2 Å². The van der Waals surface area contributed by atoms with Gasteiger partial charge in [-0.05, 0) is 13.3 Å². The molecule has 2 N–H and O–H groups in total. The average molecular weight is 251 g/mol. The molecule has 0 aliphatic carbocycles. The molecule has 0 aromatic carbocycles. The van der Waals surface area contributed by atoms with Crippen LogP contribution < -0.4 is 5.32 Å². The molecule has 0 unspecified atom stereocenters. The molecule has 0 aliphatic heterocycles. The third-order valence-electron chi connectivity index (χ3n) is 2.98. The molecule has 0 saturated carbocycles. The van der Waals surface area contributed by atoms with Gasteiger partial charge in [-0.2, -0.15) is 5.10 Å². The predicted octanol–water partition coefficient (Wildman–Crippen LogP) is 3.80. The van der Waals surface area contributed by atoms with E-state index >= 15 is 0 Å². The summed E-state index contributed by atoms with van der Waals surface area (Å²) in [5.74, 6) is 0.690. The number of unbranched alkanes of at least 4 members (excludes halogenated alkanes) is 6. The maximum absolute atomic E-state index is 11.6. The summed E-state index contributed by atoms with van der Waals surface area (Å²) < 4.78 is 0. The summed E-state index contributed by atoms with van der Waals surface area (Å²) in [5, 5.41) is 9.57. The van der Waals surface area contributed by atoms with Crippen LogP contribution in [0.15, 0.2) is 6.07 Å². The van der Waals surface area contributed by atoms with Crippen molar-refractivity contribution < 1.29 is 4.79 Å². The number of aryl methyl sites for hydroxylation is 1. The number of H-pyrrole nitrogens is 1. The summed E-state index contributed by atoms with van der Waals surface area (Å²) in [7, 11) is 0. The molecule has 4 heteroatoms. The SMILES string of the molecule is CCCCCCCCCC(=O)Nc1cc(C)[nH]n1. The lowest BCUT2D eigenvalue weighted by atomic mass is 10.1. The van der Waals surface area contributed by atoms with Crippen molar-refractivity contribution in [1.82, 2.24) is 10.2 Å². The number of carbonyl (C=O) groups excluding carboxylic acids is 1. The first-order valence-corrected chi connectivity index (χ1v) is 7.04. The van der Waals surface area contributed by atoms with E-state index < -0.39 is 0 Å². The first-order valence-electron chi connectivity index (χ1n) is 7.04. The van der Waals surface area contributed by atoms with Crippen molar-refractivity contribution in [2.24, 2.45) is 0 Å². The fourth-order valence-electron chi connectivity index (χ4n) is 1.93. The number of anilines is 1. The molecular formula is C14H25N3O. The molecule has 0 spiro atoms. The summed E-state index contributed by atoms with van der Waals surface area (Å²) in [4.78, 5) is 11.6. The van der Waals surface area contributed by atoms with E-state index in [1.165, 1.54) is 32.1 Å². The minimum absolute atomic E-state index is 0.0649. The van der Waals surface area contributed by atoms with Crippen molar-refractivity contribution in [3.8, 4) is 0 Å². The Hall–Kier alpha value is -1.32. The Bertz CT molecular complexity index is 347. The van der Waals surface area contributed by atoms with Crippen molar-refractivity contribution in [2.45, 2.75) is 65.2 Å². The van der Waals surface area contributed by atoms with Gasteiger partial charge >= 0.3 is 0 Å². The van der Waals surface area contributed by atoms with Crippen LogP contribution in [0.25, 0.3) is 0 Å². The average Bonchev–Trinajstić information content (AvgIpc) is 2.73. The molecule has 1 aromatic rings. The molecule has 0 fully saturated rings. The quantitative estimate of drug-likeness (QED) is 0.656. The van der Waals surface area contributed by atoms with E-state index in [-0.39, 0.29) is 5.91 Å². The standard InChI is InChI=1S/C14H25N3O/c1-3-4-5-6-7-8-9-10-14(18)15-13-11-12(2)16-17-13/h11H,3-10H2,1-2H3,(H2,15,16,17,18). The number of hydrogen-bond acceptors (Lipinski definition) is 2. The Morgan fingerprint density at radius 1 is 1.22 bits per heavy atom. The number of nitrogens with one attached hydrogen (secondary N) is 2. The first-order chi connectivity index (χ1) is 8.72. The van der Waals surface area contributed by atoms with Crippen molar-refractivity contribution in [2.75, 3.05) is 5.32 Å². The number of rotatable bonds is 9. The molecule has 0 bridgehead atoms. The maximum Gasteiger partial charge on any atom is 0.225 e. The van der Waals surface area contributed by atoms with Gasteiger partial charge in [-0.15, -0.1) is 0 Å². The highest BCUT2D eigenvalue weighted by atomic mass is 16.1. The Balaban J connectivity index is 2.00. The lowest BCUT2D eigenvalue weighted by Gasteiger charge is -2.02. The van der Waals surface area contributed by atoms with Crippen molar-refractivity contribution in [1.29, 1.82) is 0 Å². The molecule has 4 nitrogen and oxygen atoms in total. The van der Waals surface area contributed by atoms with Gasteiger partial charge in [-0.1, -0.05) is 45.4 Å². The van der Waals surface area contributed by atoms with Crippen LogP contribution in [0.1, 0.15) is 64.0 Å². The van der Waals surface area contributed by atoms with Gasteiger partial charge in [-0.25, -0.2) is 0 Å². The number of carbonyl (C=O) groups is 1. The fourth-order valence-corrected chi connectivity index (χ4v) is 1.93. The second-order valence-electron chi connectivity index (χ2n) is 4.86. The molecule has 1 heterocycles. The Morgan fingerprint density at radius 2 is 1.89 bits per heavy atom. The number of nitrogens with zero attached hydrogens (tertiary/aromatic N) is 1. The molecule has 1 amide bonds. The van der Waals surface area contributed by atoms with E-state index in [1.807, 2.05) is 13.0 Å². The van der Waals surface area contributed by atoms with Gasteiger partial charge in [0.15, 0.2) is 5.82 Å². The smallest absolute Gasteiger partial charge is 0.225 e. The summed E-state index contributed by atoms with van der Waals surface area (Å²) in [5.41, 5.74) is 0.959. The van der Waals surface area contributed by atoms with Crippen molar-refractivity contribution >= 4 is 11.7 Å². The van der Waals surface area contributed by atoms with Crippen LogP contribution >= 0.6 is 0 Å². The van der Waals surface area contributed by atoms with Gasteiger partial charge in [0.05, 0.1) is 0 Å². The van der Waals surface area contributed by atoms with Gasteiger partial charge in [-0.3, -0.25) is 9.89 Å². The molecule has 0 atom stereocenters. The Kier molecular flexibility index (Phi) is 7.14. The summed E-state index contributed by atoms with van der Waals surface area (Å²) >= 11 is 0. The normalized spacial score (nSPS) is 10.6. The van der Waals surface area contributed by atoms with Crippen molar-refractivity contribution in [3.63, 3.8) is 0 Å². The van der Waals surface area contributed by atoms with Crippen LogP contribution in [0.5, 0.6) is 0 Å². The minimum atomic E-state index is 0.0649. The number of aromatic amines is 1. The van der Waals surface area contributed by atoms with E-state index in [2.05, 4.69) is 22.4 Å². The molecule has 1 aromatic heterocycles. The monoisotopic (exact) mass is 251 g/mol. The number of amides is 1. The number of aromatic nitrogens is 2. The van der Waals surface area contributed by atoms with Crippen molar-refractivity contribution in [3.05, 3.63) is 11.8 Å². The van der Waals surface area contributed by atoms with Crippen LogP contribution in [-0.2, 0) is 4.79 Å². The van der Waals surface area contributed by atoms with E-state index in [1.54, 1.807) is 0 Å². The van der Waals surface area contributed by atoms with E-state index in [9.17, 15) is 4.79 Å². The zero-order valence-corrected chi connectivity index (χ0v) is 11.6. The second kappa shape index (κ2) is 8.72. The summed E-state index contributed by atoms with van der Waals surface area (Å²) in [6.07, 6.45) is 9.21. The van der Waals surface area contributed by atoms with Gasteiger partial charge in [0.25, 0.3) is 0 Å². The highest BCUT2D eigenvalue weighted by Crippen LogP contribution is 2.09. The molecular weight excluding hydrogens is 226 g/mol. The van der Waals surface area contributed by atoms with E-state index in [0.717, 1.165) is 18.5 Å². The zero-order valence-electron chi connectivity index (χ0n) is 11.6. The highest BCUT2D eigenvalue weighted by molar-refractivity contribution is 5.89. The molecule has 0 aliphatic rings. The first kappa shape index (κ1) is 14.7. The van der Waals surface area contributed by atoms with Gasteiger partial charge in [0.2, 0.25) is 5.91 Å². The van der Waals surface area contributed by atoms with Crippen LogP contribution in [0.4, 0.5) is 5.82 Å². The highest BCUT2D eigenvalue weighted by Gasteiger charge is 2.04. The van der Waals surface area contributed by atoms with Gasteiger partial charge < -0.3 is 5.32 Å². The fraction of sp³-hybridized carbons (Fsp3) is 0.714. The molecule has 18 heavy (non-hydrogen) atoms. The van der Waals surface area contributed by atoms with Crippen LogP contribution in [0, 0.1) is 6.92 Å². The van der Waals surface area contributed by atoms with Crippen LogP contribution in [0.3, 0.4) is 0 Å². The van der Waals surface area contributed by atoms with E-state index in [0.29, 0.717) is 12.2 Å². The van der Waals surface area contributed by atoms with Gasteiger partial charge in [0.1, 0.15) is 0 Å². The molecule has 0 saturated heterocycles. The zero-order chi connectivity index (χ0) is 13.2. The topological polar surface area (TPSA) is 57.8 Å². The number of hydrogen-bond donors (Lipinski definition) is 2. The van der Waals surface area contributed by atoms with Crippen LogP contribution in [-0.4, -0.2) is 16.1 Å². The molecule has 102 valence electrons. The maximum atomic E-state index is 11.6. The third-order valence-corrected chi connectivity index (χ3v) is 2.98. The lowest BCUT2D eigenvalue weighted by molar-refractivity contribution is -0.116. The summed E-state index contributed by atoms with van der Waals surface area (Å²) in [6, 6.07) is 1.84. The van der Waals surface area contributed by atoms with Crippen LogP contribution in [0.2, 0.25) is 0 Å². The predicted molar refractivity (Wildman–Crippen MR) is 74.6 cm³/mol. The molecule has 0 radical (unpaired) electrons.